The Morgan fingerprint density at radius 2 is 1.34 bits per heavy atom. The molecule has 0 aliphatic carbocycles. The highest BCUT2D eigenvalue weighted by Gasteiger charge is 2.33. The molecule has 0 saturated heterocycles. The fourth-order valence-electron chi connectivity index (χ4n) is 7.35. The van der Waals surface area contributed by atoms with Crippen LogP contribution in [0.15, 0.2) is 103 Å². The van der Waals surface area contributed by atoms with Crippen molar-refractivity contribution in [1.82, 2.24) is 4.57 Å². The van der Waals surface area contributed by atoms with Crippen molar-refractivity contribution in [3.05, 3.63) is 120 Å². The second-order valence-electron chi connectivity index (χ2n) is 12.9. The van der Waals surface area contributed by atoms with Gasteiger partial charge in [0.15, 0.2) is 11.0 Å². The van der Waals surface area contributed by atoms with E-state index in [9.17, 15) is 0 Å². The number of hydrogen-bond acceptors (Lipinski definition) is 1. The zero-order chi connectivity index (χ0) is 30.3. The maximum atomic E-state index is 2.58. The van der Waals surface area contributed by atoms with Crippen molar-refractivity contribution < 1.29 is 4.57 Å². The lowest BCUT2D eigenvalue weighted by Gasteiger charge is -2.19. The molecule has 6 aromatic carbocycles. The molecule has 2 nitrogen and oxygen atoms in total. The van der Waals surface area contributed by atoms with Crippen LogP contribution in [0.5, 0.6) is 0 Å². The van der Waals surface area contributed by atoms with Gasteiger partial charge in [-0.3, -0.25) is 0 Å². The molecule has 3 heteroatoms. The van der Waals surface area contributed by atoms with E-state index in [0.29, 0.717) is 11.8 Å². The Balaban J connectivity index is 1.55. The van der Waals surface area contributed by atoms with Crippen molar-refractivity contribution in [2.24, 2.45) is 7.05 Å². The van der Waals surface area contributed by atoms with Crippen LogP contribution in [0.3, 0.4) is 0 Å². The van der Waals surface area contributed by atoms with Gasteiger partial charge in [-0.15, -0.1) is 11.3 Å². The minimum absolute atomic E-state index is 0.392. The van der Waals surface area contributed by atoms with Crippen LogP contribution in [-0.4, -0.2) is 4.57 Å². The summed E-state index contributed by atoms with van der Waals surface area (Å²) in [5.74, 6) is 2.02. The number of fused-ring (bicyclic) bond motifs is 7. The molecule has 0 aliphatic rings. The minimum Gasteiger partial charge on any atom is -0.225 e. The largest absolute Gasteiger partial charge is 0.295 e. The number of para-hydroxylation sites is 3. The number of nitrogens with zero attached hydrogens (tertiary/aromatic N) is 2. The molecule has 0 unspecified atom stereocenters. The zero-order valence-electron chi connectivity index (χ0n) is 26.3. The van der Waals surface area contributed by atoms with Gasteiger partial charge in [0.2, 0.25) is 0 Å². The van der Waals surface area contributed by atoms with E-state index < -0.39 is 0 Å². The molecule has 0 radical (unpaired) electrons. The third kappa shape index (κ3) is 3.89. The maximum absolute atomic E-state index is 2.58. The summed E-state index contributed by atoms with van der Waals surface area (Å²) in [6.07, 6.45) is 0. The van der Waals surface area contributed by atoms with E-state index in [1.54, 1.807) is 0 Å². The van der Waals surface area contributed by atoms with Gasteiger partial charge in [-0.2, -0.15) is 4.57 Å². The highest BCUT2D eigenvalue weighted by molar-refractivity contribution is 7.26. The molecule has 0 saturated carbocycles. The maximum Gasteiger partial charge on any atom is 0.295 e. The standard InChI is InChI=1S/C41H37N2S/c1-24(2)29-14-11-15-30(25(3)4)40(29)43-35-17-10-9-16-34(35)42(6)41(43)38-26(5)18-21-36-39(38)33-22-28-20-19-27-12-7-8-13-31(27)32(28)23-37(33)44-36/h7-25H,1-6H3/q+1. The average molecular weight is 590 g/mol. The topological polar surface area (TPSA) is 8.81 Å². The average Bonchev–Trinajstić information content (AvgIpc) is 3.53. The molecule has 8 rings (SSSR count). The summed E-state index contributed by atoms with van der Waals surface area (Å²) < 4.78 is 7.68. The van der Waals surface area contributed by atoms with Gasteiger partial charge in [-0.1, -0.05) is 100 Å². The molecule has 0 aliphatic heterocycles. The second kappa shape index (κ2) is 10.0. The van der Waals surface area contributed by atoms with Crippen molar-refractivity contribution in [3.63, 3.8) is 0 Å². The first-order valence-corrected chi connectivity index (χ1v) is 16.6. The van der Waals surface area contributed by atoms with E-state index in [2.05, 4.69) is 154 Å². The molecule has 8 aromatic rings. The van der Waals surface area contributed by atoms with Crippen LogP contribution in [-0.2, 0) is 7.05 Å². The van der Waals surface area contributed by atoms with Gasteiger partial charge in [0.1, 0.15) is 5.69 Å². The van der Waals surface area contributed by atoms with Crippen molar-refractivity contribution in [3.8, 4) is 17.1 Å². The van der Waals surface area contributed by atoms with Crippen molar-refractivity contribution >= 4 is 64.1 Å². The number of rotatable bonds is 4. The third-order valence-electron chi connectivity index (χ3n) is 9.51. The predicted octanol–water partition coefficient (Wildman–Crippen LogP) is 11.4. The predicted molar refractivity (Wildman–Crippen MR) is 191 cm³/mol. The second-order valence-corrected chi connectivity index (χ2v) is 14.0. The molecular formula is C41H37N2S+. The normalized spacial score (nSPS) is 12.3. The van der Waals surface area contributed by atoms with Gasteiger partial charge in [-0.05, 0) is 76.2 Å². The highest BCUT2D eigenvalue weighted by Crippen LogP contribution is 2.45. The van der Waals surface area contributed by atoms with E-state index in [1.165, 1.54) is 86.5 Å². The molecule has 0 spiro atoms. The van der Waals surface area contributed by atoms with E-state index >= 15 is 0 Å². The molecule has 0 amide bonds. The number of aryl methyl sites for hydroxylation is 2. The first kappa shape index (κ1) is 27.1. The molecule has 0 N–H and O–H groups in total. The van der Waals surface area contributed by atoms with Crippen LogP contribution >= 0.6 is 11.3 Å². The monoisotopic (exact) mass is 589 g/mol. The fourth-order valence-corrected chi connectivity index (χ4v) is 8.49. The first-order chi connectivity index (χ1) is 21.3. The van der Waals surface area contributed by atoms with Crippen LogP contribution in [0.25, 0.3) is 69.8 Å². The Morgan fingerprint density at radius 3 is 2.11 bits per heavy atom. The van der Waals surface area contributed by atoms with Gasteiger partial charge < -0.3 is 0 Å². The first-order valence-electron chi connectivity index (χ1n) is 15.7. The van der Waals surface area contributed by atoms with Crippen LogP contribution in [0.4, 0.5) is 0 Å². The third-order valence-corrected chi connectivity index (χ3v) is 10.6. The Labute approximate surface area is 262 Å². The summed E-state index contributed by atoms with van der Waals surface area (Å²) in [6.45, 7) is 11.6. The molecule has 0 atom stereocenters. The van der Waals surface area contributed by atoms with Gasteiger partial charge in [0, 0.05) is 31.3 Å². The molecule has 216 valence electrons. The van der Waals surface area contributed by atoms with E-state index in [1.807, 2.05) is 11.3 Å². The summed E-state index contributed by atoms with van der Waals surface area (Å²) in [6, 6.07) is 38.6. The number of aromatic nitrogens is 2. The lowest BCUT2D eigenvalue weighted by Crippen LogP contribution is -2.30. The van der Waals surface area contributed by atoms with Crippen molar-refractivity contribution in [2.75, 3.05) is 0 Å². The smallest absolute Gasteiger partial charge is 0.225 e. The lowest BCUT2D eigenvalue weighted by atomic mass is 9.92. The van der Waals surface area contributed by atoms with Crippen LogP contribution in [0, 0.1) is 6.92 Å². The number of benzene rings is 6. The quantitative estimate of drug-likeness (QED) is 0.143. The number of thiophene rings is 1. The molecule has 0 bridgehead atoms. The summed E-state index contributed by atoms with van der Waals surface area (Å²) in [4.78, 5) is 0. The minimum atomic E-state index is 0.392. The summed E-state index contributed by atoms with van der Waals surface area (Å²) in [5.41, 5.74) is 9.20. The van der Waals surface area contributed by atoms with Gasteiger partial charge >= 0.3 is 0 Å². The van der Waals surface area contributed by atoms with E-state index in [4.69, 9.17) is 0 Å². The summed E-state index contributed by atoms with van der Waals surface area (Å²) in [7, 11) is 2.25. The van der Waals surface area contributed by atoms with E-state index in [0.717, 1.165) is 0 Å². The Morgan fingerprint density at radius 1 is 0.636 bits per heavy atom. The lowest BCUT2D eigenvalue weighted by molar-refractivity contribution is -0.633. The van der Waals surface area contributed by atoms with Gasteiger partial charge in [0.25, 0.3) is 5.82 Å². The van der Waals surface area contributed by atoms with Crippen molar-refractivity contribution in [1.29, 1.82) is 0 Å². The van der Waals surface area contributed by atoms with Crippen LogP contribution in [0.2, 0.25) is 0 Å². The fraction of sp³-hybridized carbons (Fsp3) is 0.195. The number of hydrogen-bond donors (Lipinski definition) is 0. The Kier molecular flexibility index (Phi) is 6.18. The van der Waals surface area contributed by atoms with Crippen LogP contribution in [0.1, 0.15) is 56.2 Å². The molecule has 2 aromatic heterocycles. The SMILES string of the molecule is Cc1ccc2sc3cc4c(ccc5ccccc54)cc3c2c1-c1n(-c2c(C(C)C)cccc2C(C)C)c2ccccc2[n+]1C. The van der Waals surface area contributed by atoms with Gasteiger partial charge in [-0.25, -0.2) is 4.57 Å². The zero-order valence-corrected chi connectivity index (χ0v) is 27.1. The Bertz CT molecular complexity index is 2390. The summed E-state index contributed by atoms with van der Waals surface area (Å²) in [5, 5.41) is 7.92. The Hall–Kier alpha value is -4.47. The molecule has 0 fully saturated rings. The summed E-state index contributed by atoms with van der Waals surface area (Å²) >= 11 is 1.91. The van der Waals surface area contributed by atoms with Gasteiger partial charge in [0.05, 0.1) is 12.6 Å². The number of imidazole rings is 1. The molecule has 2 heterocycles. The van der Waals surface area contributed by atoms with Crippen LogP contribution < -0.4 is 4.57 Å². The molecular weight excluding hydrogens is 553 g/mol. The molecule has 44 heavy (non-hydrogen) atoms. The highest BCUT2D eigenvalue weighted by atomic mass is 32.1. The van der Waals surface area contributed by atoms with Crippen molar-refractivity contribution in [2.45, 2.75) is 46.5 Å². The van der Waals surface area contributed by atoms with E-state index in [-0.39, 0.29) is 0 Å².